The molecule has 2 fully saturated rings. The first kappa shape index (κ1) is 13.3. The molecule has 0 atom stereocenters. The van der Waals surface area contributed by atoms with E-state index in [1.54, 1.807) is 0 Å². The molecule has 0 bridgehead atoms. The Bertz CT molecular complexity index is 222. The largest absolute Gasteiger partial charge is 0.313 e. The van der Waals surface area contributed by atoms with Crippen molar-refractivity contribution in [2.45, 2.75) is 64.1 Å². The van der Waals surface area contributed by atoms with Crippen molar-refractivity contribution in [3.8, 4) is 0 Å². The van der Waals surface area contributed by atoms with Gasteiger partial charge >= 0.3 is 0 Å². The van der Waals surface area contributed by atoms with Crippen molar-refractivity contribution in [2.75, 3.05) is 26.2 Å². The molecule has 0 spiro atoms. The molecule has 3 heteroatoms. The van der Waals surface area contributed by atoms with Crippen LogP contribution in [0.4, 0.5) is 0 Å². The third-order valence-electron chi connectivity index (χ3n) is 3.81. The topological polar surface area (TPSA) is 27.3 Å². The summed E-state index contributed by atoms with van der Waals surface area (Å²) in [5, 5.41) is 7.21. The van der Waals surface area contributed by atoms with Gasteiger partial charge in [-0.05, 0) is 59.5 Å². The van der Waals surface area contributed by atoms with Crippen molar-refractivity contribution < 1.29 is 0 Å². The molecule has 0 aromatic rings. The summed E-state index contributed by atoms with van der Waals surface area (Å²) < 4.78 is 0. The molecule has 1 aliphatic carbocycles. The summed E-state index contributed by atoms with van der Waals surface area (Å²) in [6.07, 6.45) is 5.58. The predicted octanol–water partition coefficient (Wildman–Crippen LogP) is 1.59. The molecule has 0 unspecified atom stereocenters. The molecular weight excluding hydrogens is 210 g/mol. The summed E-state index contributed by atoms with van der Waals surface area (Å²) in [7, 11) is 0. The Morgan fingerprint density at radius 2 is 1.65 bits per heavy atom. The summed E-state index contributed by atoms with van der Waals surface area (Å²) in [5.41, 5.74) is 0.247. The molecule has 0 aromatic carbocycles. The molecule has 1 aliphatic heterocycles. The molecule has 2 N–H and O–H groups in total. The van der Waals surface area contributed by atoms with Gasteiger partial charge < -0.3 is 15.5 Å². The van der Waals surface area contributed by atoms with Gasteiger partial charge in [-0.2, -0.15) is 0 Å². The summed E-state index contributed by atoms with van der Waals surface area (Å²) in [5.74, 6) is 0. The van der Waals surface area contributed by atoms with E-state index in [2.05, 4.69) is 36.3 Å². The molecule has 2 rings (SSSR count). The van der Waals surface area contributed by atoms with Gasteiger partial charge in [0, 0.05) is 30.7 Å². The van der Waals surface area contributed by atoms with Crippen LogP contribution in [0.5, 0.6) is 0 Å². The summed E-state index contributed by atoms with van der Waals surface area (Å²) in [6, 6.07) is 1.71. The highest BCUT2D eigenvalue weighted by molar-refractivity contribution is 4.88. The first-order chi connectivity index (χ1) is 8.04. The summed E-state index contributed by atoms with van der Waals surface area (Å²) in [6.45, 7) is 11.5. The highest BCUT2D eigenvalue weighted by Gasteiger charge is 2.31. The molecule has 0 radical (unpaired) electrons. The van der Waals surface area contributed by atoms with Gasteiger partial charge in [0.2, 0.25) is 0 Å². The van der Waals surface area contributed by atoms with E-state index in [1.807, 2.05) is 0 Å². The lowest BCUT2D eigenvalue weighted by Crippen LogP contribution is -2.46. The molecule has 2 aliphatic rings. The van der Waals surface area contributed by atoms with E-state index in [0.29, 0.717) is 0 Å². The second-order valence-corrected chi connectivity index (χ2v) is 6.67. The normalized spacial score (nSPS) is 24.2. The van der Waals surface area contributed by atoms with Crippen LogP contribution in [0, 0.1) is 0 Å². The van der Waals surface area contributed by atoms with Crippen LogP contribution in [0.2, 0.25) is 0 Å². The molecule has 3 nitrogen and oxygen atoms in total. The standard InChI is InChI=1S/C14H29N3/c1-14(2,3)16-9-8-15-12-6-10-17(11-7-12)13-4-5-13/h12-13,15-16H,4-11H2,1-3H3. The maximum absolute atomic E-state index is 3.68. The Morgan fingerprint density at radius 3 is 2.18 bits per heavy atom. The average molecular weight is 239 g/mol. The van der Waals surface area contributed by atoms with Gasteiger partial charge in [0.25, 0.3) is 0 Å². The van der Waals surface area contributed by atoms with Gasteiger partial charge in [-0.25, -0.2) is 0 Å². The van der Waals surface area contributed by atoms with Gasteiger partial charge in [-0.15, -0.1) is 0 Å². The average Bonchev–Trinajstić information content (AvgIpc) is 3.08. The van der Waals surface area contributed by atoms with Gasteiger partial charge in [-0.1, -0.05) is 0 Å². The van der Waals surface area contributed by atoms with Crippen LogP contribution < -0.4 is 10.6 Å². The number of piperidine rings is 1. The van der Waals surface area contributed by atoms with Crippen molar-refractivity contribution in [3.05, 3.63) is 0 Å². The first-order valence-electron chi connectivity index (χ1n) is 7.27. The van der Waals surface area contributed by atoms with Crippen molar-refractivity contribution in [1.82, 2.24) is 15.5 Å². The zero-order chi connectivity index (χ0) is 12.3. The molecule has 1 saturated heterocycles. The fourth-order valence-electron chi connectivity index (χ4n) is 2.62. The number of nitrogens with one attached hydrogen (secondary N) is 2. The quantitative estimate of drug-likeness (QED) is 0.714. The van der Waals surface area contributed by atoms with E-state index in [-0.39, 0.29) is 5.54 Å². The Labute approximate surface area is 106 Å². The van der Waals surface area contributed by atoms with E-state index >= 15 is 0 Å². The van der Waals surface area contributed by atoms with Gasteiger partial charge in [0.1, 0.15) is 0 Å². The van der Waals surface area contributed by atoms with E-state index in [1.165, 1.54) is 38.8 Å². The van der Waals surface area contributed by atoms with E-state index in [4.69, 9.17) is 0 Å². The molecule has 17 heavy (non-hydrogen) atoms. The number of hydrogen-bond donors (Lipinski definition) is 2. The van der Waals surface area contributed by atoms with Crippen molar-refractivity contribution in [2.24, 2.45) is 0 Å². The Morgan fingerprint density at radius 1 is 1.00 bits per heavy atom. The minimum Gasteiger partial charge on any atom is -0.313 e. The Hall–Kier alpha value is -0.120. The second kappa shape index (κ2) is 5.68. The number of hydrogen-bond acceptors (Lipinski definition) is 3. The van der Waals surface area contributed by atoms with Gasteiger partial charge in [0.05, 0.1) is 0 Å². The lowest BCUT2D eigenvalue weighted by atomic mass is 10.0. The Balaban J connectivity index is 1.52. The molecule has 1 heterocycles. The van der Waals surface area contributed by atoms with Crippen LogP contribution in [0.1, 0.15) is 46.5 Å². The van der Waals surface area contributed by atoms with Crippen molar-refractivity contribution in [3.63, 3.8) is 0 Å². The molecular formula is C14H29N3. The van der Waals surface area contributed by atoms with Crippen LogP contribution in [0.3, 0.4) is 0 Å². The third kappa shape index (κ3) is 4.94. The molecule has 0 amide bonds. The highest BCUT2D eigenvalue weighted by Crippen LogP contribution is 2.29. The van der Waals surface area contributed by atoms with Gasteiger partial charge in [0.15, 0.2) is 0 Å². The van der Waals surface area contributed by atoms with Crippen LogP contribution in [0.25, 0.3) is 0 Å². The monoisotopic (exact) mass is 239 g/mol. The van der Waals surface area contributed by atoms with Crippen LogP contribution in [0.15, 0.2) is 0 Å². The van der Waals surface area contributed by atoms with Crippen LogP contribution >= 0.6 is 0 Å². The molecule has 0 aromatic heterocycles. The van der Waals surface area contributed by atoms with Gasteiger partial charge in [-0.3, -0.25) is 0 Å². The van der Waals surface area contributed by atoms with Crippen LogP contribution in [-0.4, -0.2) is 48.7 Å². The molecule has 100 valence electrons. The SMILES string of the molecule is CC(C)(C)NCCNC1CCN(C2CC2)CC1. The maximum Gasteiger partial charge on any atom is 0.00970 e. The van der Waals surface area contributed by atoms with E-state index in [9.17, 15) is 0 Å². The number of likely N-dealkylation sites (tertiary alicyclic amines) is 1. The lowest BCUT2D eigenvalue weighted by Gasteiger charge is -2.32. The summed E-state index contributed by atoms with van der Waals surface area (Å²) >= 11 is 0. The first-order valence-corrected chi connectivity index (χ1v) is 7.27. The van der Waals surface area contributed by atoms with Crippen LogP contribution in [-0.2, 0) is 0 Å². The zero-order valence-corrected chi connectivity index (χ0v) is 11.8. The second-order valence-electron chi connectivity index (χ2n) is 6.67. The zero-order valence-electron chi connectivity index (χ0n) is 11.8. The summed E-state index contributed by atoms with van der Waals surface area (Å²) in [4.78, 5) is 2.69. The highest BCUT2D eigenvalue weighted by atomic mass is 15.2. The molecule has 1 saturated carbocycles. The predicted molar refractivity (Wildman–Crippen MR) is 73.4 cm³/mol. The number of rotatable bonds is 5. The maximum atomic E-state index is 3.68. The fourth-order valence-corrected chi connectivity index (χ4v) is 2.62. The smallest absolute Gasteiger partial charge is 0.00970 e. The minimum absolute atomic E-state index is 0.247. The Kier molecular flexibility index (Phi) is 4.45. The number of nitrogens with zero attached hydrogens (tertiary/aromatic N) is 1. The van der Waals surface area contributed by atoms with Crippen molar-refractivity contribution >= 4 is 0 Å². The lowest BCUT2D eigenvalue weighted by molar-refractivity contribution is 0.189. The van der Waals surface area contributed by atoms with E-state index in [0.717, 1.165) is 25.2 Å². The van der Waals surface area contributed by atoms with E-state index < -0.39 is 0 Å². The third-order valence-corrected chi connectivity index (χ3v) is 3.81. The fraction of sp³-hybridized carbons (Fsp3) is 1.00. The minimum atomic E-state index is 0.247. The van der Waals surface area contributed by atoms with Crippen molar-refractivity contribution in [1.29, 1.82) is 0 Å².